The zero-order chi connectivity index (χ0) is 54.0. The largest absolute Gasteiger partial charge is 0.387 e. The van der Waals surface area contributed by atoms with Crippen LogP contribution in [0.1, 0.15) is 27.7 Å². The van der Waals surface area contributed by atoms with Gasteiger partial charge in [-0.3, -0.25) is 0 Å². The SMILES string of the molecule is Brc1cccc2ccccc12.CC(C)(O)C(C)(C)O.[B]c1cccc(-c2ccc3c4ccccc4c4ccccc4c3c2)c1.c1cc(-c2ccc3c4ccccc4c4ccccc4c3c2)cc(-c2cccc3ccccc23)c1. The third-order valence-electron chi connectivity index (χ3n) is 15.2. The highest BCUT2D eigenvalue weighted by Gasteiger charge is 2.32. The second-order valence-electron chi connectivity index (χ2n) is 21.0. The Bertz CT molecular complexity index is 4410. The lowest BCUT2D eigenvalue weighted by molar-refractivity contribution is -0.107. The van der Waals surface area contributed by atoms with Crippen LogP contribution < -0.4 is 5.46 Å². The Labute approximate surface area is 466 Å². The summed E-state index contributed by atoms with van der Waals surface area (Å²) in [6.07, 6.45) is 0. The van der Waals surface area contributed by atoms with Crippen molar-refractivity contribution in [1.82, 2.24) is 0 Å². The van der Waals surface area contributed by atoms with Gasteiger partial charge in [0.25, 0.3) is 0 Å². The van der Waals surface area contributed by atoms with Gasteiger partial charge in [0, 0.05) is 4.47 Å². The minimum absolute atomic E-state index is 0.793. The zero-order valence-corrected chi connectivity index (χ0v) is 45.8. The maximum Gasteiger partial charge on any atom is 0.113 e. The average Bonchev–Trinajstić information content (AvgIpc) is 3.63. The molecule has 14 rings (SSSR count). The first-order valence-corrected chi connectivity index (χ1v) is 27.3. The van der Waals surface area contributed by atoms with Crippen LogP contribution >= 0.6 is 15.9 Å². The van der Waals surface area contributed by atoms with Crippen molar-refractivity contribution < 1.29 is 10.2 Å². The molecular weight excluding hydrogens is 1010 g/mol. The number of hydrogen-bond acceptors (Lipinski definition) is 2. The Balaban J connectivity index is 0.000000127. The van der Waals surface area contributed by atoms with Crippen LogP contribution in [0.3, 0.4) is 0 Å². The molecule has 0 spiro atoms. The number of benzene rings is 14. The lowest BCUT2D eigenvalue weighted by Crippen LogP contribution is -2.44. The molecule has 376 valence electrons. The fraction of sp³-hybridized carbons (Fsp3) is 0.0811. The summed E-state index contributed by atoms with van der Waals surface area (Å²) in [5.74, 6) is 0. The fourth-order valence-corrected chi connectivity index (χ4v) is 10.9. The fourth-order valence-electron chi connectivity index (χ4n) is 10.4. The molecular formula is C74H58BBrO2. The van der Waals surface area contributed by atoms with Gasteiger partial charge < -0.3 is 10.2 Å². The van der Waals surface area contributed by atoms with Gasteiger partial charge >= 0.3 is 0 Å². The lowest BCUT2D eigenvalue weighted by Gasteiger charge is -2.31. The first kappa shape index (κ1) is 51.7. The molecule has 0 aliphatic carbocycles. The molecule has 2 nitrogen and oxygen atoms in total. The molecule has 0 saturated carbocycles. The van der Waals surface area contributed by atoms with Crippen LogP contribution in [-0.2, 0) is 0 Å². The number of fused-ring (bicyclic) bond motifs is 14. The van der Waals surface area contributed by atoms with E-state index in [0.29, 0.717) is 0 Å². The molecule has 4 heteroatoms. The second kappa shape index (κ2) is 21.9. The van der Waals surface area contributed by atoms with Gasteiger partial charge in [0.05, 0.1) is 11.2 Å². The summed E-state index contributed by atoms with van der Waals surface area (Å²) in [4.78, 5) is 0. The molecule has 0 bridgehead atoms. The number of hydrogen-bond donors (Lipinski definition) is 2. The monoisotopic (exact) mass is 1070 g/mol. The smallest absolute Gasteiger partial charge is 0.113 e. The van der Waals surface area contributed by atoms with Crippen LogP contribution in [0, 0.1) is 0 Å². The summed E-state index contributed by atoms with van der Waals surface area (Å²) < 4.78 is 1.16. The second-order valence-corrected chi connectivity index (χ2v) is 21.9. The van der Waals surface area contributed by atoms with Gasteiger partial charge in [-0.2, -0.15) is 0 Å². The summed E-state index contributed by atoms with van der Waals surface area (Å²) in [5, 5.41) is 39.0. The summed E-state index contributed by atoms with van der Waals surface area (Å²) in [6, 6.07) is 95.2. The predicted octanol–water partition coefficient (Wildman–Crippen LogP) is 19.4. The van der Waals surface area contributed by atoms with Crippen LogP contribution in [0.5, 0.6) is 0 Å². The first-order valence-electron chi connectivity index (χ1n) is 26.5. The third kappa shape index (κ3) is 10.6. The molecule has 0 unspecified atom stereocenters. The average molecular weight is 1070 g/mol. The van der Waals surface area contributed by atoms with Crippen LogP contribution in [0.25, 0.3) is 120 Å². The molecule has 14 aromatic rings. The van der Waals surface area contributed by atoms with E-state index in [1.54, 1.807) is 27.7 Å². The van der Waals surface area contributed by atoms with Gasteiger partial charge in [-0.1, -0.05) is 264 Å². The molecule has 0 saturated heterocycles. The van der Waals surface area contributed by atoms with E-state index in [0.717, 1.165) is 15.5 Å². The van der Waals surface area contributed by atoms with E-state index in [2.05, 4.69) is 253 Å². The van der Waals surface area contributed by atoms with E-state index < -0.39 is 11.2 Å². The Morgan fingerprint density at radius 2 is 0.577 bits per heavy atom. The molecule has 0 heterocycles. The quantitative estimate of drug-likeness (QED) is 0.136. The zero-order valence-electron chi connectivity index (χ0n) is 44.3. The van der Waals surface area contributed by atoms with E-state index in [1.807, 2.05) is 30.3 Å². The van der Waals surface area contributed by atoms with Crippen molar-refractivity contribution in [3.05, 3.63) is 271 Å². The van der Waals surface area contributed by atoms with Gasteiger partial charge in [0.15, 0.2) is 0 Å². The number of halogens is 1. The molecule has 0 atom stereocenters. The highest BCUT2D eigenvalue weighted by Crippen LogP contribution is 2.40. The summed E-state index contributed by atoms with van der Waals surface area (Å²) in [7, 11) is 5.97. The normalized spacial score (nSPS) is 11.6. The van der Waals surface area contributed by atoms with Crippen LogP contribution in [0.4, 0.5) is 0 Å². The minimum atomic E-state index is -1.01. The standard InChI is InChI=1S/C34H22.C24H15B.C10H7Br.C6H14O2/c1-2-13-27-23(9-1)10-8-18-28(27)26-12-7-11-24(21-26)25-19-20-33-31-16-4-3-14-29(31)30-15-5-6-17-32(30)34(33)22-25;25-18-7-5-6-16(14-18)17-12-13-23-21-10-2-1-8-19(21)20-9-3-4-11-22(20)24(23)15-17;11-10-7-3-5-8-4-1-2-6-9(8)10;1-5(2,7)6(3,4)8/h1-22H;1-15H;1-7H;7-8H,1-4H3. The highest BCUT2D eigenvalue weighted by atomic mass is 79.9. The molecule has 0 aromatic heterocycles. The van der Waals surface area contributed by atoms with Crippen LogP contribution in [-0.4, -0.2) is 29.3 Å². The van der Waals surface area contributed by atoms with Crippen molar-refractivity contribution in [3.8, 4) is 33.4 Å². The van der Waals surface area contributed by atoms with Crippen LogP contribution in [0.2, 0.25) is 0 Å². The Kier molecular flexibility index (Phi) is 14.5. The maximum atomic E-state index is 9.10. The number of aliphatic hydroxyl groups is 2. The van der Waals surface area contributed by atoms with E-state index in [9.17, 15) is 0 Å². The van der Waals surface area contributed by atoms with Gasteiger partial charge in [0.1, 0.15) is 7.85 Å². The third-order valence-corrected chi connectivity index (χ3v) is 15.9. The van der Waals surface area contributed by atoms with E-state index in [4.69, 9.17) is 18.1 Å². The van der Waals surface area contributed by atoms with Gasteiger partial charge in [0.2, 0.25) is 0 Å². The van der Waals surface area contributed by atoms with Crippen molar-refractivity contribution >= 4 is 115 Å². The molecule has 0 aliphatic heterocycles. The predicted molar refractivity (Wildman–Crippen MR) is 341 cm³/mol. The summed E-state index contributed by atoms with van der Waals surface area (Å²) in [5.41, 5.74) is 6.13. The van der Waals surface area contributed by atoms with Gasteiger partial charge in [-0.05, 0) is 172 Å². The lowest BCUT2D eigenvalue weighted by atomic mass is 9.90. The van der Waals surface area contributed by atoms with Crippen molar-refractivity contribution in [2.24, 2.45) is 0 Å². The van der Waals surface area contributed by atoms with Crippen molar-refractivity contribution in [2.45, 2.75) is 38.9 Å². The molecule has 2 radical (unpaired) electrons. The topological polar surface area (TPSA) is 40.5 Å². The van der Waals surface area contributed by atoms with Crippen molar-refractivity contribution in [3.63, 3.8) is 0 Å². The van der Waals surface area contributed by atoms with E-state index in [-0.39, 0.29) is 0 Å². The Morgan fingerprint density at radius 3 is 1.01 bits per heavy atom. The van der Waals surface area contributed by atoms with Crippen molar-refractivity contribution in [1.29, 1.82) is 0 Å². The minimum Gasteiger partial charge on any atom is -0.387 e. The summed E-state index contributed by atoms with van der Waals surface area (Å²) >= 11 is 3.50. The Morgan fingerprint density at radius 1 is 0.269 bits per heavy atom. The molecule has 0 aliphatic rings. The molecule has 0 amide bonds. The molecule has 0 fully saturated rings. The molecule has 2 N–H and O–H groups in total. The van der Waals surface area contributed by atoms with Gasteiger partial charge in [-0.15, -0.1) is 0 Å². The number of rotatable bonds is 4. The molecule has 78 heavy (non-hydrogen) atoms. The highest BCUT2D eigenvalue weighted by molar-refractivity contribution is 9.10. The Hall–Kier alpha value is -8.38. The van der Waals surface area contributed by atoms with E-state index in [1.165, 1.54) is 114 Å². The first-order chi connectivity index (χ1) is 37.8. The van der Waals surface area contributed by atoms with Crippen LogP contribution in [0.15, 0.2) is 271 Å². The summed E-state index contributed by atoms with van der Waals surface area (Å²) in [6.45, 7) is 6.31. The van der Waals surface area contributed by atoms with Gasteiger partial charge in [-0.25, -0.2) is 0 Å². The maximum absolute atomic E-state index is 9.10. The molecule has 14 aromatic carbocycles. The van der Waals surface area contributed by atoms with E-state index >= 15 is 0 Å². The van der Waals surface area contributed by atoms with Crippen molar-refractivity contribution in [2.75, 3.05) is 0 Å².